The Balaban J connectivity index is 3.04. The van der Waals surface area contributed by atoms with Gasteiger partial charge in [-0.1, -0.05) is 0 Å². The number of methoxy groups -OCH3 is 3. The number of hydrogen-bond acceptors (Lipinski definition) is 4. The maximum Gasteiger partial charge on any atom is 0.203 e. The molecular formula is C11H16N2O3S. The topological polar surface area (TPSA) is 65.7 Å². The van der Waals surface area contributed by atoms with Crippen LogP contribution in [0.15, 0.2) is 12.1 Å². The van der Waals surface area contributed by atoms with Crippen molar-refractivity contribution in [1.29, 1.82) is 0 Å². The fourth-order valence-corrected chi connectivity index (χ4v) is 1.50. The van der Waals surface area contributed by atoms with Crippen LogP contribution in [0.25, 0.3) is 0 Å². The molecule has 1 rings (SSSR count). The van der Waals surface area contributed by atoms with Crippen molar-refractivity contribution < 1.29 is 14.2 Å². The van der Waals surface area contributed by atoms with E-state index in [1.165, 1.54) is 0 Å². The molecule has 5 nitrogen and oxygen atoms in total. The molecule has 6 heteroatoms. The summed E-state index contributed by atoms with van der Waals surface area (Å²) in [5.41, 5.74) is 6.31. The molecule has 0 saturated heterocycles. The van der Waals surface area contributed by atoms with E-state index in [1.807, 2.05) is 12.1 Å². The molecular weight excluding hydrogens is 240 g/mol. The van der Waals surface area contributed by atoms with E-state index in [-0.39, 0.29) is 5.11 Å². The van der Waals surface area contributed by atoms with Crippen molar-refractivity contribution in [2.24, 2.45) is 5.73 Å². The lowest BCUT2D eigenvalue weighted by Crippen LogP contribution is -2.28. The van der Waals surface area contributed by atoms with Gasteiger partial charge in [0.05, 0.1) is 21.3 Å². The first-order valence-electron chi connectivity index (χ1n) is 4.94. The molecule has 1 aromatic carbocycles. The molecule has 0 bridgehead atoms. The Labute approximate surface area is 106 Å². The van der Waals surface area contributed by atoms with Crippen molar-refractivity contribution in [2.75, 3.05) is 21.3 Å². The van der Waals surface area contributed by atoms with Crippen LogP contribution in [0.5, 0.6) is 17.2 Å². The Morgan fingerprint density at radius 2 is 1.71 bits per heavy atom. The molecule has 1 aromatic rings. The van der Waals surface area contributed by atoms with Gasteiger partial charge in [-0.2, -0.15) is 0 Å². The normalized spacial score (nSPS) is 9.59. The van der Waals surface area contributed by atoms with Gasteiger partial charge in [0.2, 0.25) is 5.75 Å². The van der Waals surface area contributed by atoms with Crippen molar-refractivity contribution >= 4 is 17.3 Å². The summed E-state index contributed by atoms with van der Waals surface area (Å²) in [4.78, 5) is 0. The van der Waals surface area contributed by atoms with E-state index in [0.717, 1.165) is 5.56 Å². The van der Waals surface area contributed by atoms with Crippen LogP contribution >= 0.6 is 12.2 Å². The zero-order valence-corrected chi connectivity index (χ0v) is 10.9. The second-order valence-electron chi connectivity index (χ2n) is 3.25. The molecule has 0 radical (unpaired) electrons. The summed E-state index contributed by atoms with van der Waals surface area (Å²) >= 11 is 4.75. The Morgan fingerprint density at radius 3 is 2.06 bits per heavy atom. The van der Waals surface area contributed by atoms with Crippen LogP contribution in [-0.2, 0) is 6.54 Å². The molecule has 3 N–H and O–H groups in total. The van der Waals surface area contributed by atoms with E-state index < -0.39 is 0 Å². The van der Waals surface area contributed by atoms with Crippen LogP contribution in [0.4, 0.5) is 0 Å². The monoisotopic (exact) mass is 256 g/mol. The number of benzene rings is 1. The Bertz CT molecular complexity index is 385. The van der Waals surface area contributed by atoms with Crippen LogP contribution < -0.4 is 25.3 Å². The number of nitrogens with one attached hydrogen (secondary N) is 1. The van der Waals surface area contributed by atoms with Crippen LogP contribution in [-0.4, -0.2) is 26.4 Å². The minimum atomic E-state index is 0.249. The van der Waals surface area contributed by atoms with Gasteiger partial charge >= 0.3 is 0 Å². The fourth-order valence-electron chi connectivity index (χ4n) is 1.43. The summed E-state index contributed by atoms with van der Waals surface area (Å²) < 4.78 is 15.7. The van der Waals surface area contributed by atoms with Gasteiger partial charge in [-0.3, -0.25) is 0 Å². The molecule has 17 heavy (non-hydrogen) atoms. The second-order valence-corrected chi connectivity index (χ2v) is 3.69. The number of thiocarbonyl (C=S) groups is 1. The highest BCUT2D eigenvalue weighted by Gasteiger charge is 2.12. The van der Waals surface area contributed by atoms with Crippen molar-refractivity contribution in [2.45, 2.75) is 6.54 Å². The van der Waals surface area contributed by atoms with Crippen molar-refractivity contribution in [3.8, 4) is 17.2 Å². The lowest BCUT2D eigenvalue weighted by molar-refractivity contribution is 0.323. The molecule has 0 atom stereocenters. The van der Waals surface area contributed by atoms with Crippen LogP contribution in [0, 0.1) is 0 Å². The third kappa shape index (κ3) is 3.39. The molecule has 0 spiro atoms. The summed E-state index contributed by atoms with van der Waals surface area (Å²) in [6.07, 6.45) is 0. The van der Waals surface area contributed by atoms with Gasteiger partial charge in [-0.05, 0) is 29.9 Å². The molecule has 0 amide bonds. The average Bonchev–Trinajstić information content (AvgIpc) is 2.34. The summed E-state index contributed by atoms with van der Waals surface area (Å²) in [6.45, 7) is 0.506. The molecule has 0 aliphatic rings. The summed E-state index contributed by atoms with van der Waals surface area (Å²) in [5, 5.41) is 3.11. The van der Waals surface area contributed by atoms with Gasteiger partial charge in [0.1, 0.15) is 0 Å². The quantitative estimate of drug-likeness (QED) is 0.768. The zero-order chi connectivity index (χ0) is 12.8. The van der Waals surface area contributed by atoms with E-state index in [1.54, 1.807) is 21.3 Å². The minimum absolute atomic E-state index is 0.249. The average molecular weight is 256 g/mol. The first-order valence-corrected chi connectivity index (χ1v) is 5.35. The van der Waals surface area contributed by atoms with Crippen LogP contribution in [0.1, 0.15) is 5.56 Å². The summed E-state index contributed by atoms with van der Waals surface area (Å²) in [7, 11) is 4.71. The number of hydrogen-bond donors (Lipinski definition) is 2. The first kappa shape index (κ1) is 13.4. The third-order valence-corrected chi connectivity index (χ3v) is 2.34. The van der Waals surface area contributed by atoms with Crippen molar-refractivity contribution in [1.82, 2.24) is 5.32 Å². The number of nitrogens with two attached hydrogens (primary N) is 1. The molecule has 94 valence electrons. The maximum absolute atomic E-state index is 5.37. The van der Waals surface area contributed by atoms with E-state index in [0.29, 0.717) is 23.8 Å². The Kier molecular flexibility index (Phi) is 4.84. The SMILES string of the molecule is COc1cc(CNC(N)=S)cc(OC)c1OC. The zero-order valence-electron chi connectivity index (χ0n) is 10.1. The van der Waals surface area contributed by atoms with Crippen LogP contribution in [0.2, 0.25) is 0 Å². The molecule has 0 saturated carbocycles. The minimum Gasteiger partial charge on any atom is -0.493 e. The predicted octanol–water partition coefficient (Wildman–Crippen LogP) is 1.05. The maximum atomic E-state index is 5.37. The molecule has 0 unspecified atom stereocenters. The summed E-state index contributed by atoms with van der Waals surface area (Å²) in [5.74, 6) is 1.77. The van der Waals surface area contributed by atoms with Gasteiger partial charge in [0, 0.05) is 6.54 Å². The van der Waals surface area contributed by atoms with Crippen LogP contribution in [0.3, 0.4) is 0 Å². The molecule has 0 heterocycles. The fraction of sp³-hybridized carbons (Fsp3) is 0.364. The van der Waals surface area contributed by atoms with Crippen molar-refractivity contribution in [3.05, 3.63) is 17.7 Å². The number of ether oxygens (including phenoxy) is 3. The van der Waals surface area contributed by atoms with Gasteiger partial charge < -0.3 is 25.3 Å². The van der Waals surface area contributed by atoms with E-state index in [4.69, 9.17) is 32.2 Å². The van der Waals surface area contributed by atoms with Gasteiger partial charge in [-0.25, -0.2) is 0 Å². The molecule has 0 aliphatic carbocycles. The molecule has 0 aliphatic heterocycles. The van der Waals surface area contributed by atoms with Gasteiger partial charge in [-0.15, -0.1) is 0 Å². The Morgan fingerprint density at radius 1 is 1.18 bits per heavy atom. The second kappa shape index (κ2) is 6.15. The summed E-state index contributed by atoms with van der Waals surface area (Å²) in [6, 6.07) is 3.68. The first-order chi connectivity index (χ1) is 8.12. The smallest absolute Gasteiger partial charge is 0.203 e. The standard InChI is InChI=1S/C11H16N2O3S/c1-14-8-4-7(6-13-11(12)17)5-9(15-2)10(8)16-3/h4-5H,6H2,1-3H3,(H3,12,13,17). The Hall–Kier alpha value is -1.69. The highest BCUT2D eigenvalue weighted by Crippen LogP contribution is 2.38. The third-order valence-electron chi connectivity index (χ3n) is 2.19. The molecule has 0 fully saturated rings. The molecule has 0 aromatic heterocycles. The predicted molar refractivity (Wildman–Crippen MR) is 69.7 cm³/mol. The lowest BCUT2D eigenvalue weighted by Gasteiger charge is -2.14. The van der Waals surface area contributed by atoms with E-state index >= 15 is 0 Å². The highest BCUT2D eigenvalue weighted by atomic mass is 32.1. The van der Waals surface area contributed by atoms with Gasteiger partial charge in [0.15, 0.2) is 16.6 Å². The largest absolute Gasteiger partial charge is 0.493 e. The van der Waals surface area contributed by atoms with E-state index in [9.17, 15) is 0 Å². The number of rotatable bonds is 5. The highest BCUT2D eigenvalue weighted by molar-refractivity contribution is 7.80. The van der Waals surface area contributed by atoms with Gasteiger partial charge in [0.25, 0.3) is 0 Å². The van der Waals surface area contributed by atoms with E-state index in [2.05, 4.69) is 5.32 Å². The van der Waals surface area contributed by atoms with Crippen molar-refractivity contribution in [3.63, 3.8) is 0 Å². The lowest BCUT2D eigenvalue weighted by atomic mass is 10.2.